The Bertz CT molecular complexity index is 653. The van der Waals surface area contributed by atoms with E-state index < -0.39 is 0 Å². The smallest absolute Gasteiger partial charge is 0.161 e. The van der Waals surface area contributed by atoms with E-state index in [0.717, 1.165) is 23.5 Å². The van der Waals surface area contributed by atoms with Crippen LogP contribution in [0.25, 0.3) is 0 Å². The summed E-state index contributed by atoms with van der Waals surface area (Å²) in [4.78, 5) is 13.5. The second-order valence-electron chi connectivity index (χ2n) is 5.04. The van der Waals surface area contributed by atoms with Crippen LogP contribution in [0.1, 0.15) is 22.8 Å². The van der Waals surface area contributed by atoms with E-state index in [1.165, 1.54) is 6.92 Å². The van der Waals surface area contributed by atoms with Gasteiger partial charge in [0.2, 0.25) is 0 Å². The first-order chi connectivity index (χ1) is 10.0. The van der Waals surface area contributed by atoms with Gasteiger partial charge in [0, 0.05) is 30.5 Å². The summed E-state index contributed by atoms with van der Waals surface area (Å²) in [7, 11) is 3.64. The van der Waals surface area contributed by atoms with Gasteiger partial charge in [-0.25, -0.2) is 0 Å². The number of benzene rings is 2. The van der Waals surface area contributed by atoms with Gasteiger partial charge in [0.25, 0.3) is 0 Å². The molecule has 0 fully saturated rings. The number of anilines is 2. The zero-order chi connectivity index (χ0) is 15.4. The third-order valence-electron chi connectivity index (χ3n) is 3.41. The Hall–Kier alpha value is -2.49. The van der Waals surface area contributed by atoms with Crippen LogP contribution in [0.4, 0.5) is 11.4 Å². The molecular formula is C17H20N2O2. The molecular weight excluding hydrogens is 264 g/mol. The molecule has 0 amide bonds. The Labute approximate surface area is 125 Å². The first kappa shape index (κ1) is 14.9. The van der Waals surface area contributed by atoms with Gasteiger partial charge in [0.15, 0.2) is 5.78 Å². The van der Waals surface area contributed by atoms with Gasteiger partial charge in [-0.1, -0.05) is 12.1 Å². The van der Waals surface area contributed by atoms with E-state index in [0.29, 0.717) is 11.3 Å². The standard InChI is InChI=1S/C17H20N2O2/c1-12(20)16-8-7-14(10-17(16)18)19(2)11-13-5-4-6-15(9-13)21-3/h4-10H,11,18H2,1-3H3. The van der Waals surface area contributed by atoms with Crippen molar-refractivity contribution in [1.82, 2.24) is 0 Å². The molecule has 0 radical (unpaired) electrons. The molecule has 0 heterocycles. The summed E-state index contributed by atoms with van der Waals surface area (Å²) in [5.74, 6) is 0.821. The summed E-state index contributed by atoms with van der Waals surface area (Å²) in [5.41, 5.74) is 9.12. The van der Waals surface area contributed by atoms with Crippen molar-refractivity contribution in [1.29, 1.82) is 0 Å². The van der Waals surface area contributed by atoms with Crippen LogP contribution < -0.4 is 15.4 Å². The highest BCUT2D eigenvalue weighted by Crippen LogP contribution is 2.23. The largest absolute Gasteiger partial charge is 0.497 e. The fourth-order valence-corrected chi connectivity index (χ4v) is 2.24. The molecule has 2 aromatic carbocycles. The zero-order valence-electron chi connectivity index (χ0n) is 12.6. The summed E-state index contributed by atoms with van der Waals surface area (Å²) in [5, 5.41) is 0. The normalized spacial score (nSPS) is 10.2. The minimum absolute atomic E-state index is 0.0190. The quantitative estimate of drug-likeness (QED) is 0.677. The molecule has 0 aliphatic heterocycles. The first-order valence-electron chi connectivity index (χ1n) is 6.76. The topological polar surface area (TPSA) is 55.6 Å². The molecule has 4 heteroatoms. The average molecular weight is 284 g/mol. The highest BCUT2D eigenvalue weighted by molar-refractivity contribution is 5.99. The molecule has 110 valence electrons. The maximum Gasteiger partial charge on any atom is 0.161 e. The number of carbonyl (C=O) groups is 1. The van der Waals surface area contributed by atoms with Gasteiger partial charge in [0.1, 0.15) is 5.75 Å². The maximum atomic E-state index is 11.4. The van der Waals surface area contributed by atoms with Crippen molar-refractivity contribution in [3.63, 3.8) is 0 Å². The predicted octanol–water partition coefficient (Wildman–Crippen LogP) is 3.12. The molecule has 2 aromatic rings. The third kappa shape index (κ3) is 3.54. The Morgan fingerprint density at radius 1 is 1.24 bits per heavy atom. The lowest BCUT2D eigenvalue weighted by Crippen LogP contribution is -2.17. The van der Waals surface area contributed by atoms with Crippen molar-refractivity contribution in [3.8, 4) is 5.75 Å². The van der Waals surface area contributed by atoms with Crippen molar-refractivity contribution < 1.29 is 9.53 Å². The van der Waals surface area contributed by atoms with Crippen LogP contribution in [0.15, 0.2) is 42.5 Å². The van der Waals surface area contributed by atoms with E-state index in [4.69, 9.17) is 10.5 Å². The van der Waals surface area contributed by atoms with Crippen LogP contribution in [0.3, 0.4) is 0 Å². The lowest BCUT2D eigenvalue weighted by molar-refractivity contribution is 0.101. The Kier molecular flexibility index (Phi) is 4.48. The summed E-state index contributed by atoms with van der Waals surface area (Å²) < 4.78 is 5.23. The van der Waals surface area contributed by atoms with E-state index in [1.807, 2.05) is 43.4 Å². The number of nitrogens with two attached hydrogens (primary N) is 1. The van der Waals surface area contributed by atoms with Crippen LogP contribution in [-0.2, 0) is 6.54 Å². The Balaban J connectivity index is 2.18. The molecule has 2 N–H and O–H groups in total. The van der Waals surface area contributed by atoms with Gasteiger partial charge < -0.3 is 15.4 Å². The van der Waals surface area contributed by atoms with Gasteiger partial charge in [-0.3, -0.25) is 4.79 Å². The summed E-state index contributed by atoms with van der Waals surface area (Å²) in [6.45, 7) is 2.25. The van der Waals surface area contributed by atoms with E-state index >= 15 is 0 Å². The maximum absolute atomic E-state index is 11.4. The molecule has 0 saturated heterocycles. The van der Waals surface area contributed by atoms with Gasteiger partial charge >= 0.3 is 0 Å². The molecule has 2 rings (SSSR count). The molecule has 4 nitrogen and oxygen atoms in total. The van der Waals surface area contributed by atoms with Gasteiger partial charge in [-0.2, -0.15) is 0 Å². The van der Waals surface area contributed by atoms with E-state index in [-0.39, 0.29) is 5.78 Å². The van der Waals surface area contributed by atoms with Crippen molar-refractivity contribution in [2.75, 3.05) is 24.8 Å². The Morgan fingerprint density at radius 2 is 2.00 bits per heavy atom. The number of nitrogen functional groups attached to an aromatic ring is 1. The molecule has 0 unspecified atom stereocenters. The lowest BCUT2D eigenvalue weighted by atomic mass is 10.1. The SMILES string of the molecule is COc1cccc(CN(C)c2ccc(C(C)=O)c(N)c2)c1. The summed E-state index contributed by atoms with van der Waals surface area (Å²) in [6, 6.07) is 13.5. The van der Waals surface area contributed by atoms with E-state index in [9.17, 15) is 4.79 Å². The number of Topliss-reactive ketones (excluding diaryl/α,β-unsaturated/α-hetero) is 1. The average Bonchev–Trinajstić information content (AvgIpc) is 2.46. The highest BCUT2D eigenvalue weighted by Gasteiger charge is 2.08. The van der Waals surface area contributed by atoms with Crippen LogP contribution in [0.5, 0.6) is 5.75 Å². The van der Waals surface area contributed by atoms with Gasteiger partial charge in [-0.15, -0.1) is 0 Å². The summed E-state index contributed by atoms with van der Waals surface area (Å²) >= 11 is 0. The summed E-state index contributed by atoms with van der Waals surface area (Å²) in [6.07, 6.45) is 0. The second-order valence-corrected chi connectivity index (χ2v) is 5.04. The molecule has 0 saturated carbocycles. The zero-order valence-corrected chi connectivity index (χ0v) is 12.6. The molecule has 0 atom stereocenters. The Morgan fingerprint density at radius 3 is 2.62 bits per heavy atom. The number of rotatable bonds is 5. The van der Waals surface area contributed by atoms with Crippen molar-refractivity contribution >= 4 is 17.2 Å². The number of nitrogens with zero attached hydrogens (tertiary/aromatic N) is 1. The van der Waals surface area contributed by atoms with Crippen LogP contribution in [0, 0.1) is 0 Å². The first-order valence-corrected chi connectivity index (χ1v) is 6.76. The van der Waals surface area contributed by atoms with Crippen molar-refractivity contribution in [2.45, 2.75) is 13.5 Å². The lowest BCUT2D eigenvalue weighted by Gasteiger charge is -2.20. The van der Waals surface area contributed by atoms with Crippen LogP contribution in [0.2, 0.25) is 0 Å². The minimum Gasteiger partial charge on any atom is -0.497 e. The molecule has 21 heavy (non-hydrogen) atoms. The third-order valence-corrected chi connectivity index (χ3v) is 3.41. The fourth-order valence-electron chi connectivity index (χ4n) is 2.24. The highest BCUT2D eigenvalue weighted by atomic mass is 16.5. The molecule has 0 bridgehead atoms. The number of ketones is 1. The number of hydrogen-bond donors (Lipinski definition) is 1. The van der Waals surface area contributed by atoms with Crippen LogP contribution in [-0.4, -0.2) is 19.9 Å². The predicted molar refractivity (Wildman–Crippen MR) is 86.0 cm³/mol. The van der Waals surface area contributed by atoms with Gasteiger partial charge in [-0.05, 0) is 42.8 Å². The molecule has 0 aromatic heterocycles. The van der Waals surface area contributed by atoms with Crippen molar-refractivity contribution in [2.24, 2.45) is 0 Å². The number of carbonyl (C=O) groups excluding carboxylic acids is 1. The number of ether oxygens (including phenoxy) is 1. The van der Waals surface area contributed by atoms with Crippen molar-refractivity contribution in [3.05, 3.63) is 53.6 Å². The minimum atomic E-state index is -0.0190. The van der Waals surface area contributed by atoms with E-state index in [2.05, 4.69) is 4.90 Å². The van der Waals surface area contributed by atoms with E-state index in [1.54, 1.807) is 13.2 Å². The number of methoxy groups -OCH3 is 1. The fraction of sp³-hybridized carbons (Fsp3) is 0.235. The van der Waals surface area contributed by atoms with Crippen LogP contribution >= 0.6 is 0 Å². The molecule has 0 aliphatic carbocycles. The molecule has 0 aliphatic rings. The monoisotopic (exact) mass is 284 g/mol. The molecule has 0 spiro atoms. The second kappa shape index (κ2) is 6.31. The number of hydrogen-bond acceptors (Lipinski definition) is 4. The van der Waals surface area contributed by atoms with Gasteiger partial charge in [0.05, 0.1) is 7.11 Å².